The number of carbonyl (C=O) groups excluding carboxylic acids is 1. The van der Waals surface area contributed by atoms with Crippen LogP contribution >= 0.6 is 11.3 Å². The molecule has 7 heteroatoms. The standard InChI is InChI=1S/C26H32N2O4S/c1-4-6-8-16-32-22-13-9-19(17-23(22)30-3)10-14-25(29)28-26-27-21-12-11-20(18-24(21)33-26)31-15-7-5-2/h9-14,17-18H,4-8,15-16H2,1-3H3,(H,27,28,29)/b14-10+. The number of methoxy groups -OCH3 is 1. The lowest BCUT2D eigenvalue weighted by molar-refractivity contribution is -0.111. The summed E-state index contributed by atoms with van der Waals surface area (Å²) in [6, 6.07) is 11.4. The van der Waals surface area contributed by atoms with Crippen LogP contribution in [0.25, 0.3) is 16.3 Å². The molecule has 0 atom stereocenters. The van der Waals surface area contributed by atoms with E-state index < -0.39 is 0 Å². The van der Waals surface area contributed by atoms with E-state index in [0.29, 0.717) is 29.8 Å². The molecule has 3 rings (SSSR count). The molecule has 0 saturated carbocycles. The van der Waals surface area contributed by atoms with Gasteiger partial charge in [0.1, 0.15) is 5.75 Å². The van der Waals surface area contributed by atoms with Crippen LogP contribution in [0.1, 0.15) is 51.5 Å². The first kappa shape index (κ1) is 24.6. The van der Waals surface area contributed by atoms with Gasteiger partial charge in [-0.3, -0.25) is 10.1 Å². The number of benzene rings is 2. The highest BCUT2D eigenvalue weighted by molar-refractivity contribution is 7.22. The molecule has 176 valence electrons. The predicted molar refractivity (Wildman–Crippen MR) is 136 cm³/mol. The molecule has 0 aliphatic heterocycles. The molecule has 0 fully saturated rings. The number of hydrogen-bond donors (Lipinski definition) is 1. The highest BCUT2D eigenvalue weighted by Gasteiger charge is 2.08. The first-order valence-electron chi connectivity index (χ1n) is 11.5. The van der Waals surface area contributed by atoms with Gasteiger partial charge in [-0.15, -0.1) is 0 Å². The van der Waals surface area contributed by atoms with E-state index in [-0.39, 0.29) is 5.91 Å². The molecule has 0 bridgehead atoms. The van der Waals surface area contributed by atoms with Gasteiger partial charge in [0.05, 0.1) is 30.5 Å². The summed E-state index contributed by atoms with van der Waals surface area (Å²) >= 11 is 1.43. The van der Waals surface area contributed by atoms with Gasteiger partial charge in [-0.2, -0.15) is 0 Å². The summed E-state index contributed by atoms with van der Waals surface area (Å²) in [5.41, 5.74) is 1.68. The van der Waals surface area contributed by atoms with E-state index in [4.69, 9.17) is 14.2 Å². The van der Waals surface area contributed by atoms with Gasteiger partial charge in [0.15, 0.2) is 16.6 Å². The number of carbonyl (C=O) groups is 1. The second-order valence-corrected chi connectivity index (χ2v) is 8.67. The molecular formula is C26H32N2O4S. The van der Waals surface area contributed by atoms with Crippen LogP contribution in [0.5, 0.6) is 17.2 Å². The molecule has 0 aliphatic rings. The number of aromatic nitrogens is 1. The average Bonchev–Trinajstić information content (AvgIpc) is 3.22. The summed E-state index contributed by atoms with van der Waals surface area (Å²) in [4.78, 5) is 16.9. The van der Waals surface area contributed by atoms with Gasteiger partial charge in [-0.1, -0.05) is 50.5 Å². The van der Waals surface area contributed by atoms with Crippen LogP contribution in [0.15, 0.2) is 42.5 Å². The van der Waals surface area contributed by atoms with Gasteiger partial charge in [0.2, 0.25) is 5.91 Å². The van der Waals surface area contributed by atoms with Crippen LogP contribution in [-0.2, 0) is 4.79 Å². The number of rotatable bonds is 13. The molecule has 1 aromatic heterocycles. The fraction of sp³-hybridized carbons (Fsp3) is 0.385. The lowest BCUT2D eigenvalue weighted by Gasteiger charge is -2.11. The number of nitrogens with zero attached hydrogens (tertiary/aromatic N) is 1. The Balaban J connectivity index is 1.59. The number of hydrogen-bond acceptors (Lipinski definition) is 6. The van der Waals surface area contributed by atoms with Crippen molar-refractivity contribution in [1.29, 1.82) is 0 Å². The van der Waals surface area contributed by atoms with Gasteiger partial charge >= 0.3 is 0 Å². The van der Waals surface area contributed by atoms with E-state index in [1.807, 2.05) is 36.4 Å². The van der Waals surface area contributed by atoms with Crippen molar-refractivity contribution in [2.75, 3.05) is 25.6 Å². The predicted octanol–water partition coefficient (Wildman–Crippen LogP) is 6.70. The first-order valence-corrected chi connectivity index (χ1v) is 12.3. The van der Waals surface area contributed by atoms with Crippen molar-refractivity contribution in [2.45, 2.75) is 46.0 Å². The number of anilines is 1. The van der Waals surface area contributed by atoms with Crippen LogP contribution in [0, 0.1) is 0 Å². The monoisotopic (exact) mass is 468 g/mol. The molecule has 1 heterocycles. The van der Waals surface area contributed by atoms with Crippen molar-refractivity contribution in [3.05, 3.63) is 48.0 Å². The molecule has 6 nitrogen and oxygen atoms in total. The normalized spacial score (nSPS) is 11.1. The number of thiazole rings is 1. The molecular weight excluding hydrogens is 436 g/mol. The zero-order valence-electron chi connectivity index (χ0n) is 19.6. The van der Waals surface area contributed by atoms with Crippen LogP contribution in [0.2, 0.25) is 0 Å². The maximum Gasteiger partial charge on any atom is 0.250 e. The van der Waals surface area contributed by atoms with Crippen molar-refractivity contribution < 1.29 is 19.0 Å². The smallest absolute Gasteiger partial charge is 0.250 e. The van der Waals surface area contributed by atoms with Crippen molar-refractivity contribution in [3.8, 4) is 17.2 Å². The van der Waals surface area contributed by atoms with Gasteiger partial charge < -0.3 is 14.2 Å². The van der Waals surface area contributed by atoms with Crippen molar-refractivity contribution >= 4 is 38.7 Å². The SMILES string of the molecule is CCCCCOc1ccc(/C=C/C(=O)Nc2nc3ccc(OCCCC)cc3s2)cc1OC. The zero-order valence-corrected chi connectivity index (χ0v) is 20.4. The second kappa shape index (κ2) is 12.8. The fourth-order valence-corrected chi connectivity index (χ4v) is 4.04. The number of unbranched alkanes of at least 4 members (excludes halogenated alkanes) is 3. The molecule has 2 aromatic carbocycles. The average molecular weight is 469 g/mol. The Bertz CT molecular complexity index is 1080. The van der Waals surface area contributed by atoms with Crippen molar-refractivity contribution in [3.63, 3.8) is 0 Å². The molecule has 0 radical (unpaired) electrons. The second-order valence-electron chi connectivity index (χ2n) is 7.64. The molecule has 1 N–H and O–H groups in total. The summed E-state index contributed by atoms with van der Waals surface area (Å²) in [6.45, 7) is 5.66. The molecule has 1 amide bonds. The van der Waals surface area contributed by atoms with E-state index >= 15 is 0 Å². The Labute approximate surface area is 199 Å². The van der Waals surface area contributed by atoms with Crippen LogP contribution < -0.4 is 19.5 Å². The summed E-state index contributed by atoms with van der Waals surface area (Å²) in [7, 11) is 1.61. The fourth-order valence-electron chi connectivity index (χ4n) is 3.14. The van der Waals surface area contributed by atoms with Crippen molar-refractivity contribution in [2.24, 2.45) is 0 Å². The third kappa shape index (κ3) is 7.49. The van der Waals surface area contributed by atoms with Gasteiger partial charge in [-0.05, 0) is 54.8 Å². The number of fused-ring (bicyclic) bond motifs is 1. The summed E-state index contributed by atoms with van der Waals surface area (Å²) < 4.78 is 18.0. The summed E-state index contributed by atoms with van der Waals surface area (Å²) in [5.74, 6) is 1.94. The number of amides is 1. The maximum atomic E-state index is 12.4. The van der Waals surface area contributed by atoms with Crippen LogP contribution in [0.4, 0.5) is 5.13 Å². The third-order valence-electron chi connectivity index (χ3n) is 4.98. The largest absolute Gasteiger partial charge is 0.494 e. The van der Waals surface area contributed by atoms with E-state index in [2.05, 4.69) is 24.1 Å². The molecule has 3 aromatic rings. The lowest BCUT2D eigenvalue weighted by atomic mass is 10.2. The quantitative estimate of drug-likeness (QED) is 0.223. The summed E-state index contributed by atoms with van der Waals surface area (Å²) in [5, 5.41) is 3.39. The van der Waals surface area contributed by atoms with E-state index in [1.165, 1.54) is 17.4 Å². The minimum absolute atomic E-state index is 0.243. The Morgan fingerprint density at radius 2 is 1.82 bits per heavy atom. The van der Waals surface area contributed by atoms with E-state index in [0.717, 1.165) is 53.6 Å². The maximum absolute atomic E-state index is 12.4. The van der Waals surface area contributed by atoms with Crippen molar-refractivity contribution in [1.82, 2.24) is 4.98 Å². The van der Waals surface area contributed by atoms with Gasteiger partial charge in [0, 0.05) is 6.08 Å². The summed E-state index contributed by atoms with van der Waals surface area (Å²) in [6.07, 6.45) is 8.65. The minimum Gasteiger partial charge on any atom is -0.494 e. The Morgan fingerprint density at radius 1 is 1.00 bits per heavy atom. The van der Waals surface area contributed by atoms with Crippen LogP contribution in [-0.4, -0.2) is 31.2 Å². The first-order chi connectivity index (χ1) is 16.1. The Kier molecular flexibility index (Phi) is 9.57. The van der Waals surface area contributed by atoms with E-state index in [1.54, 1.807) is 13.2 Å². The lowest BCUT2D eigenvalue weighted by Crippen LogP contribution is -2.07. The topological polar surface area (TPSA) is 69.7 Å². The zero-order chi connectivity index (χ0) is 23.5. The Hall–Kier alpha value is -3.06. The molecule has 33 heavy (non-hydrogen) atoms. The Morgan fingerprint density at radius 3 is 2.61 bits per heavy atom. The van der Waals surface area contributed by atoms with Gasteiger partial charge in [0.25, 0.3) is 0 Å². The minimum atomic E-state index is -0.243. The molecule has 0 unspecified atom stereocenters. The third-order valence-corrected chi connectivity index (χ3v) is 5.91. The number of nitrogens with one attached hydrogen (secondary N) is 1. The number of ether oxygens (including phenoxy) is 3. The van der Waals surface area contributed by atoms with E-state index in [9.17, 15) is 4.79 Å². The molecule has 0 spiro atoms. The highest BCUT2D eigenvalue weighted by atomic mass is 32.1. The molecule has 0 saturated heterocycles. The molecule has 0 aliphatic carbocycles. The van der Waals surface area contributed by atoms with Gasteiger partial charge in [-0.25, -0.2) is 4.98 Å². The van der Waals surface area contributed by atoms with Crippen LogP contribution in [0.3, 0.4) is 0 Å². The highest BCUT2D eigenvalue weighted by Crippen LogP contribution is 2.30.